The zero-order valence-corrected chi connectivity index (χ0v) is 17.1. The van der Waals surface area contributed by atoms with Crippen LogP contribution in [0.5, 0.6) is 0 Å². The topological polar surface area (TPSA) is 66.5 Å². The lowest BCUT2D eigenvalue weighted by Crippen LogP contribution is -2.45. The van der Waals surface area contributed by atoms with Gasteiger partial charge in [-0.1, -0.05) is 29.8 Å². The fourth-order valence-electron chi connectivity index (χ4n) is 2.78. The Labute approximate surface area is 164 Å². The van der Waals surface area contributed by atoms with Gasteiger partial charge in [-0.25, -0.2) is 8.42 Å². The minimum Gasteiger partial charge on any atom is -0.351 e. The van der Waals surface area contributed by atoms with Crippen molar-refractivity contribution in [2.24, 2.45) is 0 Å². The Hall–Kier alpha value is -0.930. The van der Waals surface area contributed by atoms with E-state index < -0.39 is 16.1 Å². The molecule has 134 valence electrons. The lowest BCUT2D eigenvalue weighted by molar-refractivity contribution is -0.124. The first-order valence-electron chi connectivity index (χ1n) is 7.68. The molecule has 1 amide bonds. The molecule has 0 bridgehead atoms. The number of amides is 1. The third-order valence-corrected chi connectivity index (χ3v) is 8.40. The van der Waals surface area contributed by atoms with E-state index in [1.165, 1.54) is 4.31 Å². The summed E-state index contributed by atoms with van der Waals surface area (Å²) in [5.74, 6) is -0.295. The molecule has 1 saturated heterocycles. The van der Waals surface area contributed by atoms with Gasteiger partial charge in [-0.15, -0.1) is 11.3 Å². The first kappa shape index (κ1) is 18.8. The highest BCUT2D eigenvalue weighted by atomic mass is 79.9. The molecule has 0 saturated carbocycles. The SMILES string of the molecule is O=C(NCc1ccccc1Cl)[C@H]1CCCN1S(=O)(=O)c1ccc(Br)s1. The van der Waals surface area contributed by atoms with E-state index in [0.717, 1.165) is 20.7 Å². The standard InChI is InChI=1S/C16H16BrClN2O3S2/c17-14-7-8-15(24-14)25(22,23)20-9-3-6-13(20)16(21)19-10-11-4-1-2-5-12(11)18/h1-2,4-5,7-8,13H,3,6,9-10H2,(H,19,21)/t13-/m1/s1. The highest BCUT2D eigenvalue weighted by Crippen LogP contribution is 2.32. The Morgan fingerprint density at radius 1 is 1.32 bits per heavy atom. The molecule has 1 atom stereocenters. The number of halogens is 2. The molecule has 1 N–H and O–H groups in total. The molecule has 3 rings (SSSR count). The van der Waals surface area contributed by atoms with Crippen molar-refractivity contribution in [1.29, 1.82) is 0 Å². The van der Waals surface area contributed by atoms with Gasteiger partial charge in [0.1, 0.15) is 10.3 Å². The van der Waals surface area contributed by atoms with Gasteiger partial charge in [0.25, 0.3) is 10.0 Å². The molecule has 9 heteroatoms. The second-order valence-electron chi connectivity index (χ2n) is 5.64. The molecular formula is C16H16BrClN2O3S2. The van der Waals surface area contributed by atoms with Crippen molar-refractivity contribution in [1.82, 2.24) is 9.62 Å². The number of thiophene rings is 1. The van der Waals surface area contributed by atoms with Crippen LogP contribution in [0.4, 0.5) is 0 Å². The summed E-state index contributed by atoms with van der Waals surface area (Å²) in [6.45, 7) is 0.621. The van der Waals surface area contributed by atoms with Crippen molar-refractivity contribution in [3.05, 3.63) is 50.8 Å². The van der Waals surface area contributed by atoms with Gasteiger partial charge in [0.05, 0.1) is 3.79 Å². The second kappa shape index (κ2) is 7.75. The number of benzene rings is 1. The number of hydrogen-bond acceptors (Lipinski definition) is 4. The summed E-state index contributed by atoms with van der Waals surface area (Å²) in [6, 6.07) is 9.81. The van der Waals surface area contributed by atoms with Crippen molar-refractivity contribution in [3.8, 4) is 0 Å². The fourth-order valence-corrected chi connectivity index (χ4v) is 6.78. The molecule has 2 heterocycles. The van der Waals surface area contributed by atoms with Gasteiger partial charge in [0.2, 0.25) is 5.91 Å². The van der Waals surface area contributed by atoms with Crippen molar-refractivity contribution >= 4 is 54.8 Å². The highest BCUT2D eigenvalue weighted by Gasteiger charge is 2.39. The lowest BCUT2D eigenvalue weighted by Gasteiger charge is -2.22. The summed E-state index contributed by atoms with van der Waals surface area (Å²) in [4.78, 5) is 12.6. The molecule has 1 fully saturated rings. The summed E-state index contributed by atoms with van der Waals surface area (Å²) in [6.07, 6.45) is 1.18. The van der Waals surface area contributed by atoms with Gasteiger partial charge in [0, 0.05) is 18.1 Å². The number of nitrogens with zero attached hydrogens (tertiary/aromatic N) is 1. The van der Waals surface area contributed by atoms with Crippen LogP contribution in [0.25, 0.3) is 0 Å². The monoisotopic (exact) mass is 462 g/mol. The van der Waals surface area contributed by atoms with Crippen LogP contribution in [0.2, 0.25) is 5.02 Å². The maximum Gasteiger partial charge on any atom is 0.253 e. The molecule has 0 radical (unpaired) electrons. The van der Waals surface area contributed by atoms with Gasteiger partial charge < -0.3 is 5.32 Å². The molecule has 5 nitrogen and oxygen atoms in total. The van der Waals surface area contributed by atoms with E-state index in [4.69, 9.17) is 11.6 Å². The van der Waals surface area contributed by atoms with Crippen molar-refractivity contribution < 1.29 is 13.2 Å². The number of carbonyl (C=O) groups excluding carboxylic acids is 1. The molecule has 0 spiro atoms. The van der Waals surface area contributed by atoms with E-state index in [1.807, 2.05) is 18.2 Å². The maximum absolute atomic E-state index is 12.8. The smallest absolute Gasteiger partial charge is 0.253 e. The molecular weight excluding hydrogens is 448 g/mol. The summed E-state index contributed by atoms with van der Waals surface area (Å²) in [5.41, 5.74) is 0.798. The minimum atomic E-state index is -3.67. The first-order valence-corrected chi connectivity index (χ1v) is 11.1. The van der Waals surface area contributed by atoms with E-state index in [2.05, 4.69) is 21.2 Å². The number of nitrogens with one attached hydrogen (secondary N) is 1. The van der Waals surface area contributed by atoms with Crippen LogP contribution in [0.3, 0.4) is 0 Å². The van der Waals surface area contributed by atoms with Gasteiger partial charge in [0.15, 0.2) is 0 Å². The Kier molecular flexibility index (Phi) is 5.85. The van der Waals surface area contributed by atoms with Gasteiger partial charge in [-0.3, -0.25) is 4.79 Å². The molecule has 1 aliphatic rings. The van der Waals surface area contributed by atoms with Crippen molar-refractivity contribution in [2.45, 2.75) is 29.6 Å². The van der Waals surface area contributed by atoms with Crippen LogP contribution in [-0.2, 0) is 21.4 Å². The summed E-state index contributed by atoms with van der Waals surface area (Å²) < 4.78 is 27.9. The average molecular weight is 464 g/mol. The number of sulfonamides is 1. The number of carbonyl (C=O) groups is 1. The normalized spacial score (nSPS) is 18.4. The lowest BCUT2D eigenvalue weighted by atomic mass is 10.2. The van der Waals surface area contributed by atoms with Crippen LogP contribution >= 0.6 is 38.9 Å². The number of rotatable bonds is 5. The molecule has 0 aliphatic carbocycles. The Morgan fingerprint density at radius 2 is 2.08 bits per heavy atom. The Balaban J connectivity index is 1.73. The van der Waals surface area contributed by atoms with Crippen LogP contribution in [0.15, 0.2) is 44.4 Å². The van der Waals surface area contributed by atoms with E-state index in [1.54, 1.807) is 18.2 Å². The predicted molar refractivity (Wildman–Crippen MR) is 102 cm³/mol. The van der Waals surface area contributed by atoms with Crippen LogP contribution in [-0.4, -0.2) is 31.2 Å². The van der Waals surface area contributed by atoms with Crippen molar-refractivity contribution in [3.63, 3.8) is 0 Å². The molecule has 1 aliphatic heterocycles. The van der Waals surface area contributed by atoms with Crippen LogP contribution in [0.1, 0.15) is 18.4 Å². The minimum absolute atomic E-state index is 0.241. The predicted octanol–water partition coefficient (Wildman–Crippen LogP) is 3.63. The largest absolute Gasteiger partial charge is 0.351 e. The number of hydrogen-bond donors (Lipinski definition) is 1. The maximum atomic E-state index is 12.8. The molecule has 1 aromatic carbocycles. The highest BCUT2D eigenvalue weighted by molar-refractivity contribution is 9.11. The third-order valence-electron chi connectivity index (χ3n) is 4.03. The van der Waals surface area contributed by atoms with Crippen LogP contribution in [0, 0.1) is 0 Å². The summed E-state index contributed by atoms with van der Waals surface area (Å²) in [5, 5.41) is 3.38. The van der Waals surface area contributed by atoms with E-state index in [9.17, 15) is 13.2 Å². The Morgan fingerprint density at radius 3 is 2.76 bits per heavy atom. The summed E-state index contributed by atoms with van der Waals surface area (Å²) >= 11 is 10.5. The van der Waals surface area contributed by atoms with E-state index in [0.29, 0.717) is 24.4 Å². The van der Waals surface area contributed by atoms with Crippen molar-refractivity contribution in [2.75, 3.05) is 6.54 Å². The fraction of sp³-hybridized carbons (Fsp3) is 0.312. The zero-order chi connectivity index (χ0) is 18.0. The molecule has 2 aromatic rings. The molecule has 0 unspecified atom stereocenters. The van der Waals surface area contributed by atoms with E-state index >= 15 is 0 Å². The van der Waals surface area contributed by atoms with Gasteiger partial charge >= 0.3 is 0 Å². The second-order valence-corrected chi connectivity index (χ2v) is 10.6. The average Bonchev–Trinajstić information content (AvgIpc) is 3.23. The molecule has 1 aromatic heterocycles. The zero-order valence-electron chi connectivity index (χ0n) is 13.1. The quantitative estimate of drug-likeness (QED) is 0.736. The molecule has 25 heavy (non-hydrogen) atoms. The first-order chi connectivity index (χ1) is 11.9. The summed E-state index contributed by atoms with van der Waals surface area (Å²) in [7, 11) is -3.67. The van der Waals surface area contributed by atoms with Gasteiger partial charge in [-0.05, 0) is 52.5 Å². The van der Waals surface area contributed by atoms with Gasteiger partial charge in [-0.2, -0.15) is 4.31 Å². The van der Waals surface area contributed by atoms with E-state index in [-0.39, 0.29) is 16.7 Å². The van der Waals surface area contributed by atoms with Crippen LogP contribution < -0.4 is 5.32 Å². The Bertz CT molecular complexity index is 885. The third kappa shape index (κ3) is 4.09.